The summed E-state index contributed by atoms with van der Waals surface area (Å²) >= 11 is 0. The molecule has 0 aliphatic carbocycles. The van der Waals surface area contributed by atoms with E-state index in [1.807, 2.05) is 37.4 Å². The van der Waals surface area contributed by atoms with Gasteiger partial charge in [-0.25, -0.2) is 9.59 Å². The standard InChI is InChI=1S/C22H26N2O6/c1-24(18-8-5-4-6-9-18)11-7-10-23-20(25)15-30-19-13-16(21(26)28-2)12-17(14-19)22(27)29-3/h4-6,8-9,12-14H,7,10-11,15H2,1-3H3,(H,23,25). The predicted molar refractivity (Wildman–Crippen MR) is 112 cm³/mol. The highest BCUT2D eigenvalue weighted by Crippen LogP contribution is 2.19. The molecule has 160 valence electrons. The number of nitrogens with zero attached hydrogens (tertiary/aromatic N) is 1. The Bertz CT molecular complexity index is 835. The molecule has 1 N–H and O–H groups in total. The molecule has 0 unspecified atom stereocenters. The second-order valence-electron chi connectivity index (χ2n) is 6.48. The molecule has 0 bridgehead atoms. The van der Waals surface area contributed by atoms with Gasteiger partial charge < -0.3 is 24.4 Å². The lowest BCUT2D eigenvalue weighted by Crippen LogP contribution is -2.31. The Morgan fingerprint density at radius 1 is 0.933 bits per heavy atom. The van der Waals surface area contributed by atoms with Gasteiger partial charge in [-0.15, -0.1) is 0 Å². The number of esters is 2. The second kappa shape index (κ2) is 11.5. The summed E-state index contributed by atoms with van der Waals surface area (Å²) in [6.07, 6.45) is 0.765. The van der Waals surface area contributed by atoms with Gasteiger partial charge in [-0.05, 0) is 36.8 Å². The molecule has 1 amide bonds. The number of carbonyl (C=O) groups excluding carboxylic acids is 3. The number of hydrogen-bond acceptors (Lipinski definition) is 7. The molecule has 2 rings (SSSR count). The third-order valence-corrected chi connectivity index (χ3v) is 4.31. The number of carbonyl (C=O) groups is 3. The Hall–Kier alpha value is -3.55. The van der Waals surface area contributed by atoms with Crippen molar-refractivity contribution >= 4 is 23.5 Å². The maximum Gasteiger partial charge on any atom is 0.338 e. The summed E-state index contributed by atoms with van der Waals surface area (Å²) in [4.78, 5) is 37.7. The molecule has 0 aliphatic rings. The summed E-state index contributed by atoms with van der Waals surface area (Å²) in [5, 5.41) is 2.78. The van der Waals surface area contributed by atoms with Gasteiger partial charge in [0.05, 0.1) is 25.3 Å². The van der Waals surface area contributed by atoms with Gasteiger partial charge in [0.15, 0.2) is 6.61 Å². The van der Waals surface area contributed by atoms with E-state index in [4.69, 9.17) is 4.74 Å². The minimum Gasteiger partial charge on any atom is -0.484 e. The molecule has 0 heterocycles. The van der Waals surface area contributed by atoms with Gasteiger partial charge in [0.2, 0.25) is 0 Å². The SMILES string of the molecule is COC(=O)c1cc(OCC(=O)NCCCN(C)c2ccccc2)cc(C(=O)OC)c1. The van der Waals surface area contributed by atoms with E-state index >= 15 is 0 Å². The van der Waals surface area contributed by atoms with Crippen molar-refractivity contribution in [3.8, 4) is 5.75 Å². The average Bonchev–Trinajstić information content (AvgIpc) is 2.79. The topological polar surface area (TPSA) is 94.2 Å². The Balaban J connectivity index is 1.83. The number of hydrogen-bond donors (Lipinski definition) is 1. The molecule has 2 aromatic rings. The van der Waals surface area contributed by atoms with Crippen molar-refractivity contribution in [2.45, 2.75) is 6.42 Å². The molecular formula is C22H26N2O6. The van der Waals surface area contributed by atoms with Crippen molar-refractivity contribution in [3.63, 3.8) is 0 Å². The first kappa shape index (κ1) is 22.7. The molecule has 0 radical (unpaired) electrons. The number of anilines is 1. The smallest absolute Gasteiger partial charge is 0.338 e. The van der Waals surface area contributed by atoms with Gasteiger partial charge in [-0.1, -0.05) is 18.2 Å². The first-order valence-corrected chi connectivity index (χ1v) is 9.42. The summed E-state index contributed by atoms with van der Waals surface area (Å²) in [6, 6.07) is 14.1. The van der Waals surface area contributed by atoms with Crippen LogP contribution in [-0.4, -0.2) is 58.8 Å². The number of methoxy groups -OCH3 is 2. The van der Waals surface area contributed by atoms with Crippen molar-refractivity contribution in [1.29, 1.82) is 0 Å². The van der Waals surface area contributed by atoms with Gasteiger partial charge in [-0.2, -0.15) is 0 Å². The first-order chi connectivity index (χ1) is 14.4. The Labute approximate surface area is 175 Å². The lowest BCUT2D eigenvalue weighted by molar-refractivity contribution is -0.123. The van der Waals surface area contributed by atoms with Crippen molar-refractivity contribution in [1.82, 2.24) is 5.32 Å². The molecule has 8 nitrogen and oxygen atoms in total. The van der Waals surface area contributed by atoms with Crippen molar-refractivity contribution in [3.05, 3.63) is 59.7 Å². The zero-order chi connectivity index (χ0) is 21.9. The maximum atomic E-state index is 12.0. The predicted octanol–water partition coefficient (Wildman–Crippen LogP) is 2.28. The van der Waals surface area contributed by atoms with Crippen molar-refractivity contribution in [2.24, 2.45) is 0 Å². The molecule has 0 fully saturated rings. The fourth-order valence-corrected chi connectivity index (χ4v) is 2.71. The van der Waals surface area contributed by atoms with E-state index < -0.39 is 11.9 Å². The zero-order valence-corrected chi connectivity index (χ0v) is 17.3. The van der Waals surface area contributed by atoms with Gasteiger partial charge in [0, 0.05) is 25.8 Å². The van der Waals surface area contributed by atoms with Crippen LogP contribution in [0.3, 0.4) is 0 Å². The van der Waals surface area contributed by atoms with E-state index in [9.17, 15) is 14.4 Å². The lowest BCUT2D eigenvalue weighted by atomic mass is 10.1. The van der Waals surface area contributed by atoms with Gasteiger partial charge in [-0.3, -0.25) is 4.79 Å². The van der Waals surface area contributed by atoms with Gasteiger partial charge in [0.1, 0.15) is 5.75 Å². The molecule has 0 spiro atoms. The minimum atomic E-state index is -0.627. The van der Waals surface area contributed by atoms with Crippen LogP contribution in [0.2, 0.25) is 0 Å². The molecule has 0 aliphatic heterocycles. The monoisotopic (exact) mass is 414 g/mol. The Kier molecular flexibility index (Phi) is 8.68. The quantitative estimate of drug-likeness (QED) is 0.471. The molecule has 8 heteroatoms. The molecule has 0 aromatic heterocycles. The number of nitrogens with one attached hydrogen (secondary N) is 1. The Morgan fingerprint density at radius 3 is 2.10 bits per heavy atom. The third kappa shape index (κ3) is 6.80. The fourth-order valence-electron chi connectivity index (χ4n) is 2.71. The first-order valence-electron chi connectivity index (χ1n) is 9.42. The van der Waals surface area contributed by atoms with Crippen LogP contribution in [-0.2, 0) is 14.3 Å². The van der Waals surface area contributed by atoms with Crippen LogP contribution in [0.15, 0.2) is 48.5 Å². The number of benzene rings is 2. The summed E-state index contributed by atoms with van der Waals surface area (Å²) in [7, 11) is 4.46. The summed E-state index contributed by atoms with van der Waals surface area (Å²) < 4.78 is 14.8. The molecular weight excluding hydrogens is 388 g/mol. The normalized spacial score (nSPS) is 10.1. The van der Waals surface area contributed by atoms with Crippen LogP contribution < -0.4 is 15.0 Å². The summed E-state index contributed by atoms with van der Waals surface area (Å²) in [5.41, 5.74) is 1.36. The molecule has 30 heavy (non-hydrogen) atoms. The van der Waals surface area contributed by atoms with Gasteiger partial charge >= 0.3 is 11.9 Å². The van der Waals surface area contributed by atoms with E-state index in [0.717, 1.165) is 18.7 Å². The molecule has 0 saturated heterocycles. The van der Waals surface area contributed by atoms with E-state index in [-0.39, 0.29) is 29.4 Å². The Morgan fingerprint density at radius 2 is 1.53 bits per heavy atom. The largest absolute Gasteiger partial charge is 0.484 e. The fraction of sp³-hybridized carbons (Fsp3) is 0.318. The number of rotatable bonds is 10. The number of ether oxygens (including phenoxy) is 3. The van der Waals surface area contributed by atoms with Crippen LogP contribution >= 0.6 is 0 Å². The second-order valence-corrected chi connectivity index (χ2v) is 6.48. The highest BCUT2D eigenvalue weighted by Gasteiger charge is 2.15. The highest BCUT2D eigenvalue weighted by molar-refractivity contribution is 5.96. The summed E-state index contributed by atoms with van der Waals surface area (Å²) in [5.74, 6) is -1.37. The van der Waals surface area contributed by atoms with E-state index in [1.165, 1.54) is 32.4 Å². The average molecular weight is 414 g/mol. The van der Waals surface area contributed by atoms with Gasteiger partial charge in [0.25, 0.3) is 5.91 Å². The number of para-hydroxylation sites is 1. The maximum absolute atomic E-state index is 12.0. The third-order valence-electron chi connectivity index (χ3n) is 4.31. The van der Waals surface area contributed by atoms with Crippen molar-refractivity contribution < 1.29 is 28.6 Å². The van der Waals surface area contributed by atoms with E-state index in [1.54, 1.807) is 0 Å². The number of amides is 1. The lowest BCUT2D eigenvalue weighted by Gasteiger charge is -2.19. The summed E-state index contributed by atoms with van der Waals surface area (Å²) in [6.45, 7) is 1.03. The van der Waals surface area contributed by atoms with Crippen LogP contribution in [0, 0.1) is 0 Å². The van der Waals surface area contributed by atoms with Crippen LogP contribution in [0.25, 0.3) is 0 Å². The zero-order valence-electron chi connectivity index (χ0n) is 17.3. The van der Waals surface area contributed by atoms with Crippen LogP contribution in [0.5, 0.6) is 5.75 Å². The van der Waals surface area contributed by atoms with Crippen molar-refractivity contribution in [2.75, 3.05) is 45.9 Å². The van der Waals surface area contributed by atoms with Crippen LogP contribution in [0.1, 0.15) is 27.1 Å². The highest BCUT2D eigenvalue weighted by atomic mass is 16.5. The van der Waals surface area contributed by atoms with E-state index in [2.05, 4.69) is 19.7 Å². The van der Waals surface area contributed by atoms with E-state index in [0.29, 0.717) is 6.54 Å². The molecule has 0 saturated carbocycles. The molecule has 0 atom stereocenters. The minimum absolute atomic E-state index is 0.125. The molecule has 2 aromatic carbocycles. The van der Waals surface area contributed by atoms with Crippen LogP contribution in [0.4, 0.5) is 5.69 Å².